The molecule has 0 N–H and O–H groups in total. The van der Waals surface area contributed by atoms with E-state index in [2.05, 4.69) is 0 Å². The van der Waals surface area contributed by atoms with Crippen molar-refractivity contribution in [1.82, 2.24) is 0 Å². The van der Waals surface area contributed by atoms with Gasteiger partial charge in [0.15, 0.2) is 0 Å². The van der Waals surface area contributed by atoms with Crippen molar-refractivity contribution < 1.29 is 38.0 Å². The molecule has 8 nitrogen and oxygen atoms in total. The lowest BCUT2D eigenvalue weighted by Crippen LogP contribution is -2.14. The van der Waals surface area contributed by atoms with Crippen LogP contribution < -0.4 is 0 Å². The summed E-state index contributed by atoms with van der Waals surface area (Å²) in [5.74, 6) is -0.810. The summed E-state index contributed by atoms with van der Waals surface area (Å²) in [4.78, 5) is 23.4. The number of carbonyl (C=O) groups excluding carboxylic acids is 2. The molecule has 0 aromatic heterocycles. The van der Waals surface area contributed by atoms with Crippen LogP contribution in [0, 0.1) is 0 Å². The highest BCUT2D eigenvalue weighted by Crippen LogP contribution is 2.27. The molecular formula is C24H30O8. The zero-order valence-electron chi connectivity index (χ0n) is 18.7. The number of benzene rings is 2. The number of carbonyl (C=O) groups is 2. The number of ether oxygens (including phenoxy) is 6. The predicted molar refractivity (Wildman–Crippen MR) is 117 cm³/mol. The van der Waals surface area contributed by atoms with Crippen LogP contribution in [-0.4, -0.2) is 72.9 Å². The van der Waals surface area contributed by atoms with Crippen molar-refractivity contribution in [3.63, 3.8) is 0 Å². The molecule has 0 spiro atoms. The molecule has 0 radical (unpaired) electrons. The summed E-state index contributed by atoms with van der Waals surface area (Å²) in [5.41, 5.74) is 2.61. The molecule has 0 aliphatic rings. The molecule has 0 amide bonds. The number of methoxy groups -OCH3 is 3. The van der Waals surface area contributed by atoms with Crippen LogP contribution in [0.25, 0.3) is 0 Å². The number of hydrogen-bond donors (Lipinski definition) is 0. The number of esters is 2. The fourth-order valence-electron chi connectivity index (χ4n) is 2.90. The highest BCUT2D eigenvalue weighted by atomic mass is 16.6. The van der Waals surface area contributed by atoms with Gasteiger partial charge >= 0.3 is 11.9 Å². The minimum atomic E-state index is -0.407. The minimum absolute atomic E-state index is 0.347. The zero-order chi connectivity index (χ0) is 23.2. The molecule has 0 aliphatic carbocycles. The zero-order valence-corrected chi connectivity index (χ0v) is 18.7. The minimum Gasteiger partial charge on any atom is -0.465 e. The average Bonchev–Trinajstić information content (AvgIpc) is 2.84. The second-order valence-electron chi connectivity index (χ2n) is 6.70. The molecule has 0 unspecified atom stereocenters. The molecule has 8 heteroatoms. The smallest absolute Gasteiger partial charge is 0.337 e. The molecule has 2 aromatic carbocycles. The molecule has 0 bridgehead atoms. The Morgan fingerprint density at radius 2 is 1.03 bits per heavy atom. The largest absolute Gasteiger partial charge is 0.465 e. The lowest BCUT2D eigenvalue weighted by Gasteiger charge is -2.20. The van der Waals surface area contributed by atoms with Gasteiger partial charge in [-0.05, 0) is 35.4 Å². The molecule has 0 saturated heterocycles. The molecule has 0 fully saturated rings. The van der Waals surface area contributed by atoms with Crippen molar-refractivity contribution in [3.05, 3.63) is 70.8 Å². The Morgan fingerprint density at radius 3 is 1.44 bits per heavy atom. The van der Waals surface area contributed by atoms with Crippen LogP contribution in [0.5, 0.6) is 0 Å². The van der Waals surface area contributed by atoms with Gasteiger partial charge in [-0.1, -0.05) is 24.3 Å². The first-order chi connectivity index (χ1) is 15.6. The molecule has 2 aromatic rings. The summed E-state index contributed by atoms with van der Waals surface area (Å²) in [6.07, 6.45) is -0.407. The molecule has 174 valence electrons. The van der Waals surface area contributed by atoms with Crippen molar-refractivity contribution >= 4 is 11.9 Å². The Hall–Kier alpha value is -2.78. The van der Waals surface area contributed by atoms with E-state index in [0.29, 0.717) is 50.8 Å². The SMILES string of the molecule is COCCOCCOCCOC(c1ccc(C(=O)OC)cc1)c1ccc(C(=O)OC)cc1. The van der Waals surface area contributed by atoms with Crippen molar-refractivity contribution in [2.45, 2.75) is 6.10 Å². The van der Waals surface area contributed by atoms with E-state index in [-0.39, 0.29) is 0 Å². The second-order valence-corrected chi connectivity index (χ2v) is 6.70. The topological polar surface area (TPSA) is 89.5 Å². The molecule has 0 heterocycles. The molecule has 0 atom stereocenters. The monoisotopic (exact) mass is 446 g/mol. The van der Waals surface area contributed by atoms with Gasteiger partial charge in [0, 0.05) is 7.11 Å². The summed E-state index contributed by atoms with van der Waals surface area (Å²) in [6, 6.07) is 14.0. The Morgan fingerprint density at radius 1 is 0.625 bits per heavy atom. The molecule has 32 heavy (non-hydrogen) atoms. The van der Waals surface area contributed by atoms with Gasteiger partial charge in [0.25, 0.3) is 0 Å². The van der Waals surface area contributed by atoms with Gasteiger partial charge in [-0.25, -0.2) is 9.59 Å². The van der Waals surface area contributed by atoms with E-state index < -0.39 is 18.0 Å². The fourth-order valence-corrected chi connectivity index (χ4v) is 2.90. The van der Waals surface area contributed by atoms with Crippen LogP contribution in [0.2, 0.25) is 0 Å². The maximum absolute atomic E-state index is 11.7. The average molecular weight is 446 g/mol. The van der Waals surface area contributed by atoms with Crippen molar-refractivity contribution in [2.24, 2.45) is 0 Å². The van der Waals surface area contributed by atoms with Gasteiger partial charge in [0.05, 0.1) is 65.0 Å². The van der Waals surface area contributed by atoms with Gasteiger partial charge in [-0.3, -0.25) is 0 Å². The summed E-state index contributed by atoms with van der Waals surface area (Å²) in [5, 5.41) is 0. The quantitative estimate of drug-likeness (QED) is 0.323. The third-order valence-electron chi connectivity index (χ3n) is 4.59. The molecular weight excluding hydrogens is 416 g/mol. The summed E-state index contributed by atoms with van der Waals surface area (Å²) in [7, 11) is 4.31. The number of hydrogen-bond acceptors (Lipinski definition) is 8. The van der Waals surface area contributed by atoms with E-state index in [4.69, 9.17) is 28.4 Å². The first-order valence-electron chi connectivity index (χ1n) is 10.2. The first kappa shape index (κ1) is 25.5. The fraction of sp³-hybridized carbons (Fsp3) is 0.417. The van der Waals surface area contributed by atoms with E-state index in [0.717, 1.165) is 11.1 Å². The normalized spacial score (nSPS) is 10.9. The predicted octanol–water partition coefficient (Wildman–Crippen LogP) is 3.05. The van der Waals surface area contributed by atoms with Gasteiger partial charge in [-0.15, -0.1) is 0 Å². The third kappa shape index (κ3) is 8.05. The van der Waals surface area contributed by atoms with Gasteiger partial charge in [0.2, 0.25) is 0 Å². The number of rotatable bonds is 14. The van der Waals surface area contributed by atoms with Crippen molar-refractivity contribution in [1.29, 1.82) is 0 Å². The molecule has 0 saturated carbocycles. The van der Waals surface area contributed by atoms with Crippen LogP contribution in [0.15, 0.2) is 48.5 Å². The van der Waals surface area contributed by atoms with Crippen LogP contribution in [-0.2, 0) is 28.4 Å². The lowest BCUT2D eigenvalue weighted by molar-refractivity contribution is -0.00821. The first-order valence-corrected chi connectivity index (χ1v) is 10.2. The van der Waals surface area contributed by atoms with Gasteiger partial charge in [-0.2, -0.15) is 0 Å². The highest BCUT2D eigenvalue weighted by Gasteiger charge is 2.17. The van der Waals surface area contributed by atoms with Crippen molar-refractivity contribution in [3.8, 4) is 0 Å². The lowest BCUT2D eigenvalue weighted by atomic mass is 9.99. The highest BCUT2D eigenvalue weighted by molar-refractivity contribution is 5.89. The summed E-state index contributed by atoms with van der Waals surface area (Å²) >= 11 is 0. The summed E-state index contributed by atoms with van der Waals surface area (Å²) in [6.45, 7) is 2.76. The van der Waals surface area contributed by atoms with Crippen LogP contribution in [0.3, 0.4) is 0 Å². The molecule has 0 aliphatic heterocycles. The van der Waals surface area contributed by atoms with Crippen LogP contribution in [0.4, 0.5) is 0 Å². The van der Waals surface area contributed by atoms with E-state index in [9.17, 15) is 9.59 Å². The van der Waals surface area contributed by atoms with E-state index in [1.807, 2.05) is 24.3 Å². The van der Waals surface area contributed by atoms with Crippen molar-refractivity contribution in [2.75, 3.05) is 61.0 Å². The Labute approximate surface area is 188 Å². The Kier molecular flexibility index (Phi) is 11.4. The maximum atomic E-state index is 11.7. The Bertz CT molecular complexity index is 757. The maximum Gasteiger partial charge on any atom is 0.337 e. The third-order valence-corrected chi connectivity index (χ3v) is 4.59. The summed E-state index contributed by atoms with van der Waals surface area (Å²) < 4.78 is 31.4. The standard InChI is InChI=1S/C24H30O8/c1-27-12-13-30-14-15-31-16-17-32-22(18-4-8-20(9-5-18)23(25)28-2)19-6-10-21(11-7-19)24(26)29-3/h4-11,22H,12-17H2,1-3H3. The van der Waals surface area contributed by atoms with E-state index in [1.54, 1.807) is 31.4 Å². The molecule has 2 rings (SSSR count). The van der Waals surface area contributed by atoms with Gasteiger partial charge in [0.1, 0.15) is 6.10 Å². The van der Waals surface area contributed by atoms with E-state index in [1.165, 1.54) is 14.2 Å². The second kappa shape index (κ2) is 14.3. The van der Waals surface area contributed by atoms with E-state index >= 15 is 0 Å². The Balaban J connectivity index is 2.01. The van der Waals surface area contributed by atoms with Gasteiger partial charge < -0.3 is 28.4 Å². The van der Waals surface area contributed by atoms with Crippen LogP contribution >= 0.6 is 0 Å². The van der Waals surface area contributed by atoms with Crippen LogP contribution in [0.1, 0.15) is 37.9 Å².